The Morgan fingerprint density at radius 2 is 2.06 bits per heavy atom. The van der Waals surface area contributed by atoms with Crippen LogP contribution in [-0.2, 0) is 10.0 Å². The summed E-state index contributed by atoms with van der Waals surface area (Å²) >= 11 is 0. The Hall–Kier alpha value is -1.11. The SMILES string of the molecule is COc1cccc(S(=O)(=O)NC(C)C(C)CO)c1. The summed E-state index contributed by atoms with van der Waals surface area (Å²) < 4.78 is 31.7. The van der Waals surface area contributed by atoms with Crippen LogP contribution in [0.15, 0.2) is 29.2 Å². The number of nitrogens with one attached hydrogen (secondary N) is 1. The molecule has 0 aliphatic carbocycles. The Labute approximate surface area is 108 Å². The van der Waals surface area contributed by atoms with Crippen LogP contribution >= 0.6 is 0 Å². The predicted molar refractivity (Wildman–Crippen MR) is 69.0 cm³/mol. The van der Waals surface area contributed by atoms with Gasteiger partial charge in [0.2, 0.25) is 10.0 Å². The number of sulfonamides is 1. The molecule has 0 aliphatic heterocycles. The van der Waals surface area contributed by atoms with E-state index in [1.807, 2.05) is 0 Å². The molecule has 0 bridgehead atoms. The van der Waals surface area contributed by atoms with Crippen molar-refractivity contribution < 1.29 is 18.3 Å². The summed E-state index contributed by atoms with van der Waals surface area (Å²) in [7, 11) is -2.11. The molecule has 18 heavy (non-hydrogen) atoms. The molecule has 1 aromatic carbocycles. The molecule has 1 rings (SSSR count). The summed E-state index contributed by atoms with van der Waals surface area (Å²) in [6.45, 7) is 3.43. The Balaban J connectivity index is 2.92. The number of hydrogen-bond donors (Lipinski definition) is 2. The molecule has 2 N–H and O–H groups in total. The van der Waals surface area contributed by atoms with Gasteiger partial charge in [0.1, 0.15) is 5.75 Å². The third-order valence-corrected chi connectivity index (χ3v) is 4.39. The third-order valence-electron chi connectivity index (χ3n) is 2.83. The van der Waals surface area contributed by atoms with E-state index in [1.165, 1.54) is 19.2 Å². The summed E-state index contributed by atoms with van der Waals surface area (Å²) in [5.41, 5.74) is 0. The number of hydrogen-bond acceptors (Lipinski definition) is 4. The minimum absolute atomic E-state index is 0.0677. The van der Waals surface area contributed by atoms with Crippen molar-refractivity contribution in [1.82, 2.24) is 4.72 Å². The average Bonchev–Trinajstić information content (AvgIpc) is 2.37. The molecular weight excluding hydrogens is 254 g/mol. The number of rotatable bonds is 6. The van der Waals surface area contributed by atoms with Gasteiger partial charge in [-0.25, -0.2) is 13.1 Å². The lowest BCUT2D eigenvalue weighted by Gasteiger charge is -2.19. The summed E-state index contributed by atoms with van der Waals surface area (Å²) in [6.07, 6.45) is 0. The van der Waals surface area contributed by atoms with Gasteiger partial charge in [0.25, 0.3) is 0 Å². The lowest BCUT2D eigenvalue weighted by molar-refractivity contribution is 0.216. The molecule has 0 saturated heterocycles. The molecule has 0 heterocycles. The number of benzene rings is 1. The molecule has 1 aromatic rings. The van der Waals surface area contributed by atoms with Crippen molar-refractivity contribution in [3.63, 3.8) is 0 Å². The first kappa shape index (κ1) is 14.9. The lowest BCUT2D eigenvalue weighted by Crippen LogP contribution is -2.38. The topological polar surface area (TPSA) is 75.6 Å². The van der Waals surface area contributed by atoms with Crippen LogP contribution < -0.4 is 9.46 Å². The zero-order chi connectivity index (χ0) is 13.8. The molecule has 6 heteroatoms. The van der Waals surface area contributed by atoms with Gasteiger partial charge in [0.05, 0.1) is 12.0 Å². The highest BCUT2D eigenvalue weighted by Gasteiger charge is 2.21. The quantitative estimate of drug-likeness (QED) is 0.810. The standard InChI is InChI=1S/C12H19NO4S/c1-9(8-14)10(2)13-18(15,16)12-6-4-5-11(7-12)17-3/h4-7,9-10,13-14H,8H2,1-3H3. The molecule has 102 valence electrons. The maximum Gasteiger partial charge on any atom is 0.240 e. The number of methoxy groups -OCH3 is 1. The molecule has 0 saturated carbocycles. The lowest BCUT2D eigenvalue weighted by atomic mass is 10.1. The number of aliphatic hydroxyl groups excluding tert-OH is 1. The Morgan fingerprint density at radius 3 is 2.61 bits per heavy atom. The number of aliphatic hydroxyl groups is 1. The number of ether oxygens (including phenoxy) is 1. The fourth-order valence-electron chi connectivity index (χ4n) is 1.36. The first-order chi connectivity index (χ1) is 8.40. The molecule has 2 atom stereocenters. The summed E-state index contributed by atoms with van der Waals surface area (Å²) in [6, 6.07) is 5.91. The highest BCUT2D eigenvalue weighted by Crippen LogP contribution is 2.17. The molecule has 0 aromatic heterocycles. The summed E-state index contributed by atoms with van der Waals surface area (Å²) in [5, 5.41) is 9.00. The minimum atomic E-state index is -3.59. The van der Waals surface area contributed by atoms with Gasteiger partial charge in [-0.3, -0.25) is 0 Å². The molecule has 0 radical (unpaired) electrons. The molecule has 0 spiro atoms. The van der Waals surface area contributed by atoms with Crippen LogP contribution in [0.2, 0.25) is 0 Å². The predicted octanol–water partition coefficient (Wildman–Crippen LogP) is 0.990. The second kappa shape index (κ2) is 6.17. The van der Waals surface area contributed by atoms with E-state index in [1.54, 1.807) is 26.0 Å². The zero-order valence-corrected chi connectivity index (χ0v) is 11.6. The first-order valence-corrected chi connectivity index (χ1v) is 7.16. The van der Waals surface area contributed by atoms with Gasteiger partial charge in [-0.15, -0.1) is 0 Å². The van der Waals surface area contributed by atoms with E-state index in [4.69, 9.17) is 9.84 Å². The van der Waals surface area contributed by atoms with E-state index in [9.17, 15) is 8.42 Å². The van der Waals surface area contributed by atoms with Crippen molar-refractivity contribution in [2.75, 3.05) is 13.7 Å². The molecule has 2 unspecified atom stereocenters. The van der Waals surface area contributed by atoms with E-state index in [0.29, 0.717) is 5.75 Å². The van der Waals surface area contributed by atoms with Crippen molar-refractivity contribution in [1.29, 1.82) is 0 Å². The van der Waals surface area contributed by atoms with Gasteiger partial charge in [-0.05, 0) is 25.0 Å². The van der Waals surface area contributed by atoms with Crippen molar-refractivity contribution in [3.05, 3.63) is 24.3 Å². The maximum atomic E-state index is 12.1. The van der Waals surface area contributed by atoms with Crippen LogP contribution in [0.1, 0.15) is 13.8 Å². The maximum absolute atomic E-state index is 12.1. The molecule has 0 fully saturated rings. The van der Waals surface area contributed by atoms with E-state index < -0.39 is 10.0 Å². The van der Waals surface area contributed by atoms with Crippen LogP contribution in [0.5, 0.6) is 5.75 Å². The smallest absolute Gasteiger partial charge is 0.240 e. The van der Waals surface area contributed by atoms with Gasteiger partial charge in [0.15, 0.2) is 0 Å². The fourth-order valence-corrected chi connectivity index (χ4v) is 2.74. The van der Waals surface area contributed by atoms with E-state index in [2.05, 4.69) is 4.72 Å². The fraction of sp³-hybridized carbons (Fsp3) is 0.500. The van der Waals surface area contributed by atoms with Crippen molar-refractivity contribution in [2.24, 2.45) is 5.92 Å². The second-order valence-corrected chi connectivity index (χ2v) is 5.96. The van der Waals surface area contributed by atoms with Crippen LogP contribution in [0.4, 0.5) is 0 Å². The van der Waals surface area contributed by atoms with Gasteiger partial charge in [0, 0.05) is 18.7 Å². The normalized spacial score (nSPS) is 15.1. The van der Waals surface area contributed by atoms with E-state index in [0.717, 1.165) is 0 Å². The molecule has 0 amide bonds. The van der Waals surface area contributed by atoms with Gasteiger partial charge in [-0.2, -0.15) is 0 Å². The van der Waals surface area contributed by atoms with Crippen molar-refractivity contribution in [2.45, 2.75) is 24.8 Å². The molecular formula is C12H19NO4S. The van der Waals surface area contributed by atoms with Crippen LogP contribution in [-0.4, -0.2) is 33.3 Å². The molecule has 5 nitrogen and oxygen atoms in total. The minimum Gasteiger partial charge on any atom is -0.497 e. The Kier molecular flexibility index (Phi) is 5.13. The van der Waals surface area contributed by atoms with Crippen molar-refractivity contribution >= 4 is 10.0 Å². The van der Waals surface area contributed by atoms with Gasteiger partial charge in [-0.1, -0.05) is 13.0 Å². The summed E-state index contributed by atoms with van der Waals surface area (Å²) in [5.74, 6) is 0.339. The third kappa shape index (κ3) is 3.69. The largest absolute Gasteiger partial charge is 0.497 e. The summed E-state index contributed by atoms with van der Waals surface area (Å²) in [4.78, 5) is 0.152. The Morgan fingerprint density at radius 1 is 1.39 bits per heavy atom. The van der Waals surface area contributed by atoms with E-state index in [-0.39, 0.29) is 23.5 Å². The average molecular weight is 273 g/mol. The Bertz CT molecular complexity index is 487. The van der Waals surface area contributed by atoms with Crippen LogP contribution in [0.25, 0.3) is 0 Å². The first-order valence-electron chi connectivity index (χ1n) is 5.68. The second-order valence-electron chi connectivity index (χ2n) is 4.25. The van der Waals surface area contributed by atoms with Gasteiger partial charge < -0.3 is 9.84 Å². The van der Waals surface area contributed by atoms with Crippen LogP contribution in [0.3, 0.4) is 0 Å². The van der Waals surface area contributed by atoms with Gasteiger partial charge >= 0.3 is 0 Å². The monoisotopic (exact) mass is 273 g/mol. The zero-order valence-electron chi connectivity index (χ0n) is 10.8. The highest BCUT2D eigenvalue weighted by atomic mass is 32.2. The van der Waals surface area contributed by atoms with Crippen molar-refractivity contribution in [3.8, 4) is 5.75 Å². The molecule has 0 aliphatic rings. The van der Waals surface area contributed by atoms with Crippen LogP contribution in [0, 0.1) is 5.92 Å². The highest BCUT2D eigenvalue weighted by molar-refractivity contribution is 7.89. The van der Waals surface area contributed by atoms with E-state index >= 15 is 0 Å².